The highest BCUT2D eigenvalue weighted by Gasteiger charge is 2.22. The standard InChI is InChI=1S/C20H14BrN3O5/c21-16-6-5-12(14-3-1-2-4-15(14)16)8-20(25)23-22-10-13-7-18-19(29-11-28-18)9-17(13)24(26)27/h1-7,9-10H,8,11H2,(H,23,25)/b22-10-. The summed E-state index contributed by atoms with van der Waals surface area (Å²) in [5.74, 6) is 0.363. The first-order chi connectivity index (χ1) is 14.0. The Morgan fingerprint density at radius 1 is 1.17 bits per heavy atom. The Bertz CT molecular complexity index is 1160. The predicted molar refractivity (Wildman–Crippen MR) is 110 cm³/mol. The first-order valence-electron chi connectivity index (χ1n) is 8.59. The van der Waals surface area contributed by atoms with Gasteiger partial charge in [-0.15, -0.1) is 0 Å². The van der Waals surface area contributed by atoms with Crippen LogP contribution < -0.4 is 14.9 Å². The molecule has 0 spiro atoms. The molecule has 0 aromatic heterocycles. The third-order valence-electron chi connectivity index (χ3n) is 4.42. The summed E-state index contributed by atoms with van der Waals surface area (Å²) in [7, 11) is 0. The van der Waals surface area contributed by atoms with E-state index in [1.54, 1.807) is 0 Å². The second kappa shape index (κ2) is 7.88. The first kappa shape index (κ1) is 18.9. The van der Waals surface area contributed by atoms with Crippen molar-refractivity contribution in [1.29, 1.82) is 0 Å². The number of hydrogen-bond acceptors (Lipinski definition) is 6. The van der Waals surface area contributed by atoms with Crippen LogP contribution in [0.3, 0.4) is 0 Å². The lowest BCUT2D eigenvalue weighted by Crippen LogP contribution is -2.20. The number of nitrogens with zero attached hydrogens (tertiary/aromatic N) is 2. The van der Waals surface area contributed by atoms with Crippen molar-refractivity contribution < 1.29 is 19.2 Å². The average Bonchev–Trinajstić information content (AvgIpc) is 3.17. The number of fused-ring (bicyclic) bond motifs is 2. The van der Waals surface area contributed by atoms with E-state index in [0.717, 1.165) is 20.8 Å². The minimum absolute atomic E-state index is 0.00493. The molecule has 1 aliphatic rings. The van der Waals surface area contributed by atoms with Crippen molar-refractivity contribution in [3.63, 3.8) is 0 Å². The van der Waals surface area contributed by atoms with Gasteiger partial charge in [-0.1, -0.05) is 46.3 Å². The first-order valence-corrected chi connectivity index (χ1v) is 9.38. The normalized spacial score (nSPS) is 12.4. The van der Waals surface area contributed by atoms with Crippen molar-refractivity contribution in [3.8, 4) is 11.5 Å². The van der Waals surface area contributed by atoms with Crippen LogP contribution in [-0.2, 0) is 11.2 Å². The van der Waals surface area contributed by atoms with Gasteiger partial charge >= 0.3 is 0 Å². The fraction of sp³-hybridized carbons (Fsp3) is 0.100. The minimum atomic E-state index is -0.543. The molecule has 1 heterocycles. The quantitative estimate of drug-likeness (QED) is 0.356. The Balaban J connectivity index is 1.50. The van der Waals surface area contributed by atoms with Gasteiger partial charge in [-0.3, -0.25) is 14.9 Å². The largest absolute Gasteiger partial charge is 0.454 e. The van der Waals surface area contributed by atoms with Gasteiger partial charge in [-0.25, -0.2) is 5.43 Å². The van der Waals surface area contributed by atoms with Crippen LogP contribution in [0, 0.1) is 10.1 Å². The fourth-order valence-electron chi connectivity index (χ4n) is 3.07. The summed E-state index contributed by atoms with van der Waals surface area (Å²) in [4.78, 5) is 23.0. The summed E-state index contributed by atoms with van der Waals surface area (Å²) < 4.78 is 11.3. The molecule has 146 valence electrons. The molecule has 1 aliphatic heterocycles. The lowest BCUT2D eigenvalue weighted by Gasteiger charge is -2.07. The molecular weight excluding hydrogens is 442 g/mol. The van der Waals surface area contributed by atoms with E-state index in [1.807, 2.05) is 36.4 Å². The molecule has 0 saturated carbocycles. The van der Waals surface area contributed by atoms with Crippen molar-refractivity contribution in [3.05, 3.63) is 74.2 Å². The smallest absolute Gasteiger partial charge is 0.282 e. The molecule has 3 aromatic rings. The van der Waals surface area contributed by atoms with Gasteiger partial charge in [0.05, 0.1) is 29.2 Å². The Labute approximate surface area is 173 Å². The number of hydrogen-bond donors (Lipinski definition) is 1. The van der Waals surface area contributed by atoms with Crippen LogP contribution in [0.15, 0.2) is 58.1 Å². The van der Waals surface area contributed by atoms with Gasteiger partial charge in [0, 0.05) is 4.47 Å². The van der Waals surface area contributed by atoms with Crippen molar-refractivity contribution in [2.75, 3.05) is 6.79 Å². The minimum Gasteiger partial charge on any atom is -0.454 e. The summed E-state index contributed by atoms with van der Waals surface area (Å²) in [6.45, 7) is 0.00493. The molecule has 0 unspecified atom stereocenters. The molecule has 29 heavy (non-hydrogen) atoms. The maximum atomic E-state index is 12.3. The molecular formula is C20H14BrN3O5. The number of benzene rings is 3. The zero-order chi connectivity index (χ0) is 20.4. The number of nitrogens with one attached hydrogen (secondary N) is 1. The highest BCUT2D eigenvalue weighted by atomic mass is 79.9. The van der Waals surface area contributed by atoms with Crippen molar-refractivity contribution in [2.45, 2.75) is 6.42 Å². The van der Waals surface area contributed by atoms with Crippen LogP contribution >= 0.6 is 15.9 Å². The molecule has 0 atom stereocenters. The van der Waals surface area contributed by atoms with Gasteiger partial charge in [0.1, 0.15) is 0 Å². The Morgan fingerprint density at radius 2 is 1.90 bits per heavy atom. The molecule has 0 aliphatic carbocycles. The third kappa shape index (κ3) is 3.90. The van der Waals surface area contributed by atoms with Crippen LogP contribution in [0.25, 0.3) is 10.8 Å². The number of halogens is 1. The molecule has 0 bridgehead atoms. The van der Waals surface area contributed by atoms with E-state index >= 15 is 0 Å². The van der Waals surface area contributed by atoms with Gasteiger partial charge in [-0.05, 0) is 28.5 Å². The van der Waals surface area contributed by atoms with Crippen molar-refractivity contribution in [2.24, 2.45) is 5.10 Å². The van der Waals surface area contributed by atoms with Crippen LogP contribution in [0.4, 0.5) is 5.69 Å². The lowest BCUT2D eigenvalue weighted by molar-refractivity contribution is -0.385. The van der Waals surface area contributed by atoms with E-state index < -0.39 is 4.92 Å². The summed E-state index contributed by atoms with van der Waals surface area (Å²) in [6.07, 6.45) is 1.34. The highest BCUT2D eigenvalue weighted by molar-refractivity contribution is 9.10. The van der Waals surface area contributed by atoms with Gasteiger partial charge in [0.15, 0.2) is 11.5 Å². The summed E-state index contributed by atoms with van der Waals surface area (Å²) in [6, 6.07) is 14.3. The average molecular weight is 456 g/mol. The highest BCUT2D eigenvalue weighted by Crippen LogP contribution is 2.37. The fourth-order valence-corrected chi connectivity index (χ4v) is 3.55. The van der Waals surface area contributed by atoms with Crippen molar-refractivity contribution >= 4 is 44.5 Å². The Hall–Kier alpha value is -3.46. The van der Waals surface area contributed by atoms with Gasteiger partial charge in [0.2, 0.25) is 12.7 Å². The number of nitro groups is 1. The number of carbonyl (C=O) groups excluding carboxylic acids is 1. The summed E-state index contributed by atoms with van der Waals surface area (Å²) in [5, 5.41) is 17.1. The maximum Gasteiger partial charge on any atom is 0.282 e. The molecule has 0 saturated heterocycles. The van der Waals surface area contributed by atoms with Crippen LogP contribution in [0.5, 0.6) is 11.5 Å². The van der Waals surface area contributed by atoms with E-state index in [-0.39, 0.29) is 30.4 Å². The zero-order valence-corrected chi connectivity index (χ0v) is 16.5. The number of ether oxygens (including phenoxy) is 2. The van der Waals surface area contributed by atoms with Gasteiger partial charge in [-0.2, -0.15) is 5.10 Å². The number of hydrazone groups is 1. The molecule has 1 amide bonds. The zero-order valence-electron chi connectivity index (χ0n) is 14.9. The summed E-state index contributed by atoms with van der Waals surface area (Å²) in [5.41, 5.74) is 3.28. The molecule has 3 aromatic carbocycles. The molecule has 8 nitrogen and oxygen atoms in total. The van der Waals surface area contributed by atoms with Crippen LogP contribution in [-0.4, -0.2) is 23.8 Å². The molecule has 1 N–H and O–H groups in total. The maximum absolute atomic E-state index is 12.3. The van der Waals surface area contributed by atoms with Gasteiger partial charge in [0.25, 0.3) is 5.69 Å². The third-order valence-corrected chi connectivity index (χ3v) is 5.12. The van der Waals surface area contributed by atoms with Gasteiger partial charge < -0.3 is 9.47 Å². The molecule has 4 rings (SSSR count). The van der Waals surface area contributed by atoms with E-state index in [9.17, 15) is 14.9 Å². The predicted octanol–water partition coefficient (Wildman–Crippen LogP) is 3.93. The van der Waals surface area contributed by atoms with Crippen LogP contribution in [0.1, 0.15) is 11.1 Å². The Kier molecular flexibility index (Phi) is 5.13. The second-order valence-electron chi connectivity index (χ2n) is 6.24. The van der Waals surface area contributed by atoms with E-state index in [2.05, 4.69) is 26.5 Å². The van der Waals surface area contributed by atoms with E-state index in [4.69, 9.17) is 9.47 Å². The number of rotatable bonds is 5. The lowest BCUT2D eigenvalue weighted by atomic mass is 10.0. The Morgan fingerprint density at radius 3 is 2.66 bits per heavy atom. The number of carbonyl (C=O) groups is 1. The monoisotopic (exact) mass is 455 g/mol. The topological polar surface area (TPSA) is 103 Å². The number of amides is 1. The van der Waals surface area contributed by atoms with Crippen LogP contribution in [0.2, 0.25) is 0 Å². The van der Waals surface area contributed by atoms with E-state index in [1.165, 1.54) is 18.3 Å². The summed E-state index contributed by atoms with van der Waals surface area (Å²) >= 11 is 3.51. The molecule has 0 fully saturated rings. The molecule has 9 heteroatoms. The number of nitro benzene ring substituents is 1. The van der Waals surface area contributed by atoms with E-state index in [0.29, 0.717) is 11.5 Å². The SMILES string of the molecule is O=C(Cc1ccc(Br)c2ccccc12)N/N=C\c1cc2c(cc1[N+](=O)[O-])OCO2. The second-order valence-corrected chi connectivity index (χ2v) is 7.10. The van der Waals surface area contributed by atoms with Crippen molar-refractivity contribution in [1.82, 2.24) is 5.43 Å². The molecule has 0 radical (unpaired) electrons.